The van der Waals surface area contributed by atoms with E-state index < -0.39 is 5.91 Å². The summed E-state index contributed by atoms with van der Waals surface area (Å²) in [5, 5.41) is 21.2. The van der Waals surface area contributed by atoms with E-state index in [0.717, 1.165) is 6.07 Å². The van der Waals surface area contributed by atoms with Crippen LogP contribution in [0.15, 0.2) is 18.2 Å². The van der Waals surface area contributed by atoms with Gasteiger partial charge in [-0.05, 0) is 26.0 Å². The first-order chi connectivity index (χ1) is 9.47. The van der Waals surface area contributed by atoms with Crippen LogP contribution in [0.2, 0.25) is 0 Å². The Labute approximate surface area is 118 Å². The van der Waals surface area contributed by atoms with Crippen LogP contribution in [-0.4, -0.2) is 46.6 Å². The molecule has 0 saturated heterocycles. The minimum absolute atomic E-state index is 0.0194. The van der Waals surface area contributed by atoms with Crippen molar-refractivity contribution in [1.29, 1.82) is 0 Å². The van der Waals surface area contributed by atoms with Crippen LogP contribution >= 0.6 is 0 Å². The first kappa shape index (κ1) is 15.8. The molecule has 0 unspecified atom stereocenters. The Balaban J connectivity index is 2.49. The predicted molar refractivity (Wildman–Crippen MR) is 74.6 cm³/mol. The van der Waals surface area contributed by atoms with Crippen molar-refractivity contribution in [3.8, 4) is 11.5 Å². The standard InChI is InChI=1S/C14H20N2O4/c1-3-16(4-2)13(19)5-6-15-14(20)10-7-11(17)9-12(18)8-10/h7-9,17-18H,3-6H2,1-2H3,(H,15,20). The summed E-state index contributed by atoms with van der Waals surface area (Å²) in [5.41, 5.74) is 0.151. The molecular formula is C14H20N2O4. The van der Waals surface area contributed by atoms with Crippen molar-refractivity contribution in [2.75, 3.05) is 19.6 Å². The molecule has 0 aliphatic heterocycles. The quantitative estimate of drug-likeness (QED) is 0.727. The number of aromatic hydroxyl groups is 2. The topological polar surface area (TPSA) is 89.9 Å². The zero-order valence-electron chi connectivity index (χ0n) is 11.7. The average Bonchev–Trinajstić information content (AvgIpc) is 2.38. The molecule has 3 N–H and O–H groups in total. The van der Waals surface area contributed by atoms with Crippen molar-refractivity contribution in [3.63, 3.8) is 0 Å². The predicted octanol–water partition coefficient (Wildman–Crippen LogP) is 1.09. The molecule has 6 heteroatoms. The first-order valence-corrected chi connectivity index (χ1v) is 6.56. The number of amides is 2. The van der Waals surface area contributed by atoms with Crippen LogP contribution in [0.5, 0.6) is 11.5 Å². The molecule has 1 aromatic rings. The molecule has 6 nitrogen and oxygen atoms in total. The van der Waals surface area contributed by atoms with E-state index in [0.29, 0.717) is 13.1 Å². The van der Waals surface area contributed by atoms with Gasteiger partial charge in [-0.15, -0.1) is 0 Å². The second-order valence-corrected chi connectivity index (χ2v) is 4.31. The lowest BCUT2D eigenvalue weighted by Crippen LogP contribution is -2.34. The molecule has 2 amide bonds. The van der Waals surface area contributed by atoms with Crippen LogP contribution in [0.1, 0.15) is 30.6 Å². The maximum atomic E-state index is 11.8. The third-order valence-electron chi connectivity index (χ3n) is 2.91. The number of benzene rings is 1. The van der Waals surface area contributed by atoms with Crippen LogP contribution in [0.3, 0.4) is 0 Å². The second-order valence-electron chi connectivity index (χ2n) is 4.31. The Bertz CT molecular complexity index is 464. The van der Waals surface area contributed by atoms with Gasteiger partial charge in [0.1, 0.15) is 11.5 Å². The van der Waals surface area contributed by atoms with Crippen molar-refractivity contribution in [1.82, 2.24) is 10.2 Å². The molecule has 0 aliphatic carbocycles. The summed E-state index contributed by atoms with van der Waals surface area (Å²) >= 11 is 0. The van der Waals surface area contributed by atoms with Gasteiger partial charge in [0.15, 0.2) is 0 Å². The fourth-order valence-electron chi connectivity index (χ4n) is 1.85. The summed E-state index contributed by atoms with van der Waals surface area (Å²) in [7, 11) is 0. The van der Waals surface area contributed by atoms with Crippen LogP contribution in [-0.2, 0) is 4.79 Å². The van der Waals surface area contributed by atoms with E-state index in [1.807, 2.05) is 13.8 Å². The molecule has 0 aliphatic rings. The van der Waals surface area contributed by atoms with E-state index in [1.54, 1.807) is 4.90 Å². The summed E-state index contributed by atoms with van der Waals surface area (Å²) in [6.07, 6.45) is 0.220. The minimum atomic E-state index is -0.441. The normalized spacial score (nSPS) is 10.1. The number of phenols is 2. The van der Waals surface area contributed by atoms with E-state index in [2.05, 4.69) is 5.32 Å². The number of hydrogen-bond donors (Lipinski definition) is 3. The van der Waals surface area contributed by atoms with Crippen LogP contribution in [0, 0.1) is 0 Å². The Morgan fingerprint density at radius 2 is 1.65 bits per heavy atom. The lowest BCUT2D eigenvalue weighted by atomic mass is 10.2. The zero-order chi connectivity index (χ0) is 15.1. The zero-order valence-corrected chi connectivity index (χ0v) is 11.7. The Morgan fingerprint density at radius 3 is 2.15 bits per heavy atom. The number of nitrogens with one attached hydrogen (secondary N) is 1. The van der Waals surface area contributed by atoms with E-state index in [4.69, 9.17) is 0 Å². The molecule has 0 radical (unpaired) electrons. The highest BCUT2D eigenvalue weighted by atomic mass is 16.3. The molecule has 1 aromatic carbocycles. The lowest BCUT2D eigenvalue weighted by Gasteiger charge is -2.18. The fraction of sp³-hybridized carbons (Fsp3) is 0.429. The lowest BCUT2D eigenvalue weighted by molar-refractivity contribution is -0.130. The maximum absolute atomic E-state index is 11.8. The summed E-state index contributed by atoms with van der Waals surface area (Å²) < 4.78 is 0. The number of rotatable bonds is 6. The van der Waals surface area contributed by atoms with E-state index >= 15 is 0 Å². The molecular weight excluding hydrogens is 260 g/mol. The Morgan fingerprint density at radius 1 is 1.10 bits per heavy atom. The maximum Gasteiger partial charge on any atom is 0.251 e. The van der Waals surface area contributed by atoms with Gasteiger partial charge < -0.3 is 20.4 Å². The highest BCUT2D eigenvalue weighted by Crippen LogP contribution is 2.20. The van der Waals surface area contributed by atoms with Crippen LogP contribution < -0.4 is 5.32 Å². The monoisotopic (exact) mass is 280 g/mol. The molecule has 0 heterocycles. The van der Waals surface area contributed by atoms with Gasteiger partial charge in [0.05, 0.1) is 0 Å². The van der Waals surface area contributed by atoms with E-state index in [9.17, 15) is 19.8 Å². The van der Waals surface area contributed by atoms with Gasteiger partial charge in [-0.1, -0.05) is 0 Å². The van der Waals surface area contributed by atoms with Gasteiger partial charge in [-0.2, -0.15) is 0 Å². The van der Waals surface area contributed by atoms with Gasteiger partial charge in [0.25, 0.3) is 5.91 Å². The Kier molecular flexibility index (Phi) is 5.83. The smallest absolute Gasteiger partial charge is 0.251 e. The van der Waals surface area contributed by atoms with Gasteiger partial charge in [-0.25, -0.2) is 0 Å². The molecule has 1 rings (SSSR count). The van der Waals surface area contributed by atoms with Crippen molar-refractivity contribution >= 4 is 11.8 Å². The average molecular weight is 280 g/mol. The van der Waals surface area contributed by atoms with Crippen molar-refractivity contribution < 1.29 is 19.8 Å². The number of nitrogens with zero attached hydrogens (tertiary/aromatic N) is 1. The highest BCUT2D eigenvalue weighted by Gasteiger charge is 2.11. The fourth-order valence-corrected chi connectivity index (χ4v) is 1.85. The first-order valence-electron chi connectivity index (χ1n) is 6.56. The van der Waals surface area contributed by atoms with Gasteiger partial charge in [0.2, 0.25) is 5.91 Å². The summed E-state index contributed by atoms with van der Waals surface area (Å²) in [5.74, 6) is -0.832. The molecule has 110 valence electrons. The van der Waals surface area contributed by atoms with Crippen molar-refractivity contribution in [2.45, 2.75) is 20.3 Å². The third kappa shape index (κ3) is 4.46. The molecule has 0 aromatic heterocycles. The van der Waals surface area contributed by atoms with Crippen molar-refractivity contribution in [2.24, 2.45) is 0 Å². The van der Waals surface area contributed by atoms with E-state index in [1.165, 1.54) is 12.1 Å². The number of carbonyl (C=O) groups is 2. The molecule has 0 bridgehead atoms. The largest absolute Gasteiger partial charge is 0.508 e. The number of hydrogen-bond acceptors (Lipinski definition) is 4. The van der Waals surface area contributed by atoms with Gasteiger partial charge in [0, 0.05) is 37.7 Å². The number of carbonyl (C=O) groups excluding carboxylic acids is 2. The van der Waals surface area contributed by atoms with Gasteiger partial charge in [-0.3, -0.25) is 9.59 Å². The Hall–Kier alpha value is -2.24. The number of phenolic OH excluding ortho intramolecular Hbond substituents is 2. The summed E-state index contributed by atoms with van der Waals surface area (Å²) in [6.45, 7) is 5.29. The van der Waals surface area contributed by atoms with Gasteiger partial charge >= 0.3 is 0 Å². The molecule has 0 saturated carbocycles. The SMILES string of the molecule is CCN(CC)C(=O)CCNC(=O)c1cc(O)cc(O)c1. The molecule has 0 atom stereocenters. The van der Waals surface area contributed by atoms with Crippen LogP contribution in [0.25, 0.3) is 0 Å². The summed E-state index contributed by atoms with van der Waals surface area (Å²) in [4.78, 5) is 25.2. The minimum Gasteiger partial charge on any atom is -0.508 e. The highest BCUT2D eigenvalue weighted by molar-refractivity contribution is 5.95. The molecule has 0 spiro atoms. The van der Waals surface area contributed by atoms with E-state index in [-0.39, 0.29) is 35.9 Å². The second kappa shape index (κ2) is 7.37. The third-order valence-corrected chi connectivity index (χ3v) is 2.91. The molecule has 0 fully saturated rings. The molecule has 20 heavy (non-hydrogen) atoms. The summed E-state index contributed by atoms with van der Waals surface area (Å²) in [6, 6.07) is 3.64. The van der Waals surface area contributed by atoms with Crippen LogP contribution in [0.4, 0.5) is 0 Å². The van der Waals surface area contributed by atoms with Crippen molar-refractivity contribution in [3.05, 3.63) is 23.8 Å².